The summed E-state index contributed by atoms with van der Waals surface area (Å²) in [6.45, 7) is 3.74. The van der Waals surface area contributed by atoms with Crippen LogP contribution in [0, 0.1) is 19.7 Å². The molecule has 3 aromatic carbocycles. The molecule has 0 saturated heterocycles. The Labute approximate surface area is 166 Å². The predicted octanol–water partition coefficient (Wildman–Crippen LogP) is 5.02. The van der Waals surface area contributed by atoms with E-state index in [0.29, 0.717) is 4.90 Å². The average molecular weight is 415 g/mol. The van der Waals surface area contributed by atoms with E-state index in [1.54, 1.807) is 42.5 Å². The fourth-order valence-electron chi connectivity index (χ4n) is 2.59. The Bertz CT molecular complexity index is 1150. The van der Waals surface area contributed by atoms with Gasteiger partial charge in [-0.05, 0) is 44.2 Å². The van der Waals surface area contributed by atoms with E-state index in [2.05, 4.69) is 0 Å². The van der Waals surface area contributed by atoms with Crippen LogP contribution in [0.5, 0.6) is 0 Å². The first-order valence-corrected chi connectivity index (χ1v) is 11.2. The number of hydrogen-bond acceptors (Lipinski definition) is 3. The minimum Gasteiger partial charge on any atom is -0.249 e. The third kappa shape index (κ3) is 4.46. The molecule has 0 aliphatic carbocycles. The zero-order valence-electron chi connectivity index (χ0n) is 15.4. The molecule has 3 aromatic rings. The first kappa shape index (κ1) is 20.2. The van der Waals surface area contributed by atoms with Gasteiger partial charge in [0.1, 0.15) is 5.82 Å². The van der Waals surface area contributed by atoms with Crippen molar-refractivity contribution in [1.29, 1.82) is 0 Å². The van der Waals surface area contributed by atoms with E-state index in [-0.39, 0.29) is 15.4 Å². The first-order valence-electron chi connectivity index (χ1n) is 8.55. The maximum Gasteiger partial charge on any atom is 0.201 e. The van der Waals surface area contributed by atoms with Gasteiger partial charge in [0.2, 0.25) is 9.84 Å². The molecule has 1 unspecified atom stereocenters. The van der Waals surface area contributed by atoms with Crippen molar-refractivity contribution in [3.05, 3.63) is 101 Å². The lowest BCUT2D eigenvalue weighted by Crippen LogP contribution is -2.04. The van der Waals surface area contributed by atoms with Crippen LogP contribution in [0.15, 0.2) is 88.0 Å². The van der Waals surface area contributed by atoms with Crippen molar-refractivity contribution in [3.63, 3.8) is 0 Å². The summed E-state index contributed by atoms with van der Waals surface area (Å²) < 4.78 is 53.4. The van der Waals surface area contributed by atoms with Crippen molar-refractivity contribution in [2.24, 2.45) is 0 Å². The zero-order valence-corrected chi connectivity index (χ0v) is 17.1. The first-order chi connectivity index (χ1) is 13.3. The SMILES string of the molecule is Cc1ccc(S(=O)C(=CS(=O)(=O)c2ccc(C)cc2)c2ccccc2F)cc1. The largest absolute Gasteiger partial charge is 0.249 e. The Morgan fingerprint density at radius 1 is 0.857 bits per heavy atom. The summed E-state index contributed by atoms with van der Waals surface area (Å²) in [5.41, 5.74) is 1.89. The average Bonchev–Trinajstić information content (AvgIpc) is 2.67. The smallest absolute Gasteiger partial charge is 0.201 e. The second kappa shape index (κ2) is 8.20. The summed E-state index contributed by atoms with van der Waals surface area (Å²) in [6, 6.07) is 18.9. The van der Waals surface area contributed by atoms with Crippen LogP contribution in [-0.4, -0.2) is 12.6 Å². The highest BCUT2D eigenvalue weighted by molar-refractivity contribution is 7.99. The third-order valence-corrected chi connectivity index (χ3v) is 7.25. The summed E-state index contributed by atoms with van der Waals surface area (Å²) in [5, 5.41) is 0.909. The van der Waals surface area contributed by atoms with E-state index in [1.165, 1.54) is 30.3 Å². The molecule has 0 amide bonds. The van der Waals surface area contributed by atoms with Crippen molar-refractivity contribution in [1.82, 2.24) is 0 Å². The minimum absolute atomic E-state index is 0.00269. The van der Waals surface area contributed by atoms with Crippen molar-refractivity contribution >= 4 is 25.5 Å². The molecule has 0 aliphatic heterocycles. The van der Waals surface area contributed by atoms with Crippen LogP contribution in [0.1, 0.15) is 16.7 Å². The summed E-state index contributed by atoms with van der Waals surface area (Å²) in [4.78, 5) is 0.370. The second-order valence-corrected chi connectivity index (χ2v) is 9.65. The van der Waals surface area contributed by atoms with Gasteiger partial charge in [-0.1, -0.05) is 53.6 Å². The molecule has 28 heavy (non-hydrogen) atoms. The van der Waals surface area contributed by atoms with Gasteiger partial charge in [-0.2, -0.15) is 0 Å². The van der Waals surface area contributed by atoms with Crippen molar-refractivity contribution in [2.45, 2.75) is 23.6 Å². The van der Waals surface area contributed by atoms with E-state index in [4.69, 9.17) is 0 Å². The fourth-order valence-corrected chi connectivity index (χ4v) is 5.39. The summed E-state index contributed by atoms with van der Waals surface area (Å²) in [6.07, 6.45) is 0. The van der Waals surface area contributed by atoms with Gasteiger partial charge >= 0.3 is 0 Å². The lowest BCUT2D eigenvalue weighted by Gasteiger charge is -2.10. The molecule has 1 atom stereocenters. The molecule has 0 aliphatic rings. The number of halogens is 1. The van der Waals surface area contributed by atoms with Gasteiger partial charge in [0.15, 0.2) is 0 Å². The second-order valence-electron chi connectivity index (χ2n) is 6.40. The van der Waals surface area contributed by atoms with Gasteiger partial charge in [0.05, 0.1) is 26.0 Å². The van der Waals surface area contributed by atoms with Gasteiger partial charge in [-0.25, -0.2) is 17.0 Å². The van der Waals surface area contributed by atoms with Gasteiger partial charge in [0, 0.05) is 10.5 Å². The highest BCUT2D eigenvalue weighted by Gasteiger charge is 2.21. The summed E-state index contributed by atoms with van der Waals surface area (Å²) in [7, 11) is -5.80. The predicted molar refractivity (Wildman–Crippen MR) is 110 cm³/mol. The lowest BCUT2D eigenvalue weighted by atomic mass is 10.2. The van der Waals surface area contributed by atoms with E-state index in [0.717, 1.165) is 16.5 Å². The van der Waals surface area contributed by atoms with E-state index in [1.807, 2.05) is 13.8 Å². The van der Waals surface area contributed by atoms with E-state index in [9.17, 15) is 17.0 Å². The van der Waals surface area contributed by atoms with E-state index < -0.39 is 26.5 Å². The third-order valence-electron chi connectivity index (χ3n) is 4.19. The molecule has 0 saturated carbocycles. The lowest BCUT2D eigenvalue weighted by molar-refractivity contribution is 0.604. The highest BCUT2D eigenvalue weighted by Crippen LogP contribution is 2.29. The molecule has 0 heterocycles. The molecule has 3 rings (SSSR count). The van der Waals surface area contributed by atoms with Crippen LogP contribution in [-0.2, 0) is 20.6 Å². The van der Waals surface area contributed by atoms with Crippen LogP contribution in [0.4, 0.5) is 4.39 Å². The Morgan fingerprint density at radius 2 is 1.39 bits per heavy atom. The standard InChI is InChI=1S/C22H19FO3S2/c1-16-7-11-18(12-8-16)27(24)22(20-5-3-4-6-21(20)23)15-28(25,26)19-13-9-17(2)10-14-19/h3-15H,1-2H3. The molecule has 3 nitrogen and oxygen atoms in total. The summed E-state index contributed by atoms with van der Waals surface area (Å²) in [5.74, 6) is -0.631. The number of sulfone groups is 1. The molecular formula is C22H19FO3S2. The van der Waals surface area contributed by atoms with Gasteiger partial charge in [-0.15, -0.1) is 0 Å². The number of aryl methyl sites for hydroxylation is 2. The van der Waals surface area contributed by atoms with Crippen LogP contribution in [0.2, 0.25) is 0 Å². The van der Waals surface area contributed by atoms with Crippen LogP contribution < -0.4 is 0 Å². The monoisotopic (exact) mass is 414 g/mol. The maximum absolute atomic E-state index is 14.4. The van der Waals surface area contributed by atoms with Gasteiger partial charge < -0.3 is 0 Å². The van der Waals surface area contributed by atoms with Crippen molar-refractivity contribution in [2.75, 3.05) is 0 Å². The number of rotatable bonds is 5. The van der Waals surface area contributed by atoms with Crippen LogP contribution in [0.3, 0.4) is 0 Å². The molecule has 6 heteroatoms. The van der Waals surface area contributed by atoms with Crippen LogP contribution >= 0.6 is 0 Å². The number of hydrogen-bond donors (Lipinski definition) is 0. The Morgan fingerprint density at radius 3 is 1.96 bits per heavy atom. The molecule has 144 valence electrons. The normalized spacial score (nSPS) is 13.3. The van der Waals surface area contributed by atoms with Crippen molar-refractivity contribution < 1.29 is 17.0 Å². The molecule has 0 aromatic heterocycles. The Balaban J connectivity index is 2.17. The number of benzene rings is 3. The molecule has 0 radical (unpaired) electrons. The Hall–Kier alpha value is -2.57. The van der Waals surface area contributed by atoms with E-state index >= 15 is 0 Å². The minimum atomic E-state index is -3.92. The summed E-state index contributed by atoms with van der Waals surface area (Å²) >= 11 is 0. The highest BCUT2D eigenvalue weighted by atomic mass is 32.2. The topological polar surface area (TPSA) is 51.2 Å². The zero-order chi connectivity index (χ0) is 20.3. The maximum atomic E-state index is 14.4. The van der Waals surface area contributed by atoms with Crippen molar-refractivity contribution in [3.8, 4) is 0 Å². The fraction of sp³-hybridized carbons (Fsp3) is 0.0909. The molecular weight excluding hydrogens is 395 g/mol. The van der Waals surface area contributed by atoms with Gasteiger partial charge in [-0.3, -0.25) is 0 Å². The van der Waals surface area contributed by atoms with Crippen LogP contribution in [0.25, 0.3) is 4.91 Å². The molecule has 0 bridgehead atoms. The van der Waals surface area contributed by atoms with Gasteiger partial charge in [0.25, 0.3) is 0 Å². The molecule has 0 spiro atoms. The molecule has 0 N–H and O–H groups in total. The molecule has 0 fully saturated rings. The Kier molecular flexibility index (Phi) is 5.91. The quantitative estimate of drug-likeness (QED) is 0.589.